The average molecular weight is 275 g/mol. The maximum atomic E-state index is 12.1. The van der Waals surface area contributed by atoms with Gasteiger partial charge in [0.1, 0.15) is 0 Å². The summed E-state index contributed by atoms with van der Waals surface area (Å²) < 4.78 is 0. The third-order valence-electron chi connectivity index (χ3n) is 4.05. The topological polar surface area (TPSA) is 58.4 Å². The number of nitrogens with one attached hydrogen (secondary N) is 1. The van der Waals surface area contributed by atoms with E-state index in [9.17, 15) is 4.79 Å². The number of carbonyl (C=O) groups excluding carboxylic acids is 1. The summed E-state index contributed by atoms with van der Waals surface area (Å²) in [5.74, 6) is 0.624. The summed E-state index contributed by atoms with van der Waals surface area (Å²) in [6.07, 6.45) is 6.41. The van der Waals surface area contributed by atoms with E-state index in [1.165, 1.54) is 32.1 Å². The molecule has 1 fully saturated rings. The Bertz CT molecular complexity index is 465. The number of hydrogen-bond donors (Lipinski definition) is 2. The molecule has 0 aromatic heterocycles. The Labute approximate surface area is 121 Å². The first-order chi connectivity index (χ1) is 9.58. The summed E-state index contributed by atoms with van der Waals surface area (Å²) in [7, 11) is 3.88. The van der Waals surface area contributed by atoms with E-state index in [2.05, 4.69) is 5.32 Å². The molecule has 1 aromatic rings. The zero-order chi connectivity index (χ0) is 14.5. The second kappa shape index (κ2) is 6.64. The van der Waals surface area contributed by atoms with Gasteiger partial charge < -0.3 is 16.0 Å². The van der Waals surface area contributed by atoms with Gasteiger partial charge in [-0.25, -0.2) is 0 Å². The minimum absolute atomic E-state index is 0.0208. The van der Waals surface area contributed by atoms with Crippen LogP contribution in [0.3, 0.4) is 0 Å². The van der Waals surface area contributed by atoms with Crippen LogP contribution in [-0.2, 0) is 0 Å². The minimum Gasteiger partial charge on any atom is -0.397 e. The molecule has 1 amide bonds. The molecule has 0 aliphatic heterocycles. The van der Waals surface area contributed by atoms with Crippen LogP contribution in [0.5, 0.6) is 0 Å². The molecule has 3 N–H and O–H groups in total. The van der Waals surface area contributed by atoms with E-state index in [1.54, 1.807) is 6.07 Å². The highest BCUT2D eigenvalue weighted by atomic mass is 16.1. The molecule has 1 aliphatic carbocycles. The second-order valence-corrected chi connectivity index (χ2v) is 5.88. The molecule has 0 atom stereocenters. The normalized spacial score (nSPS) is 15.9. The first-order valence-corrected chi connectivity index (χ1v) is 7.43. The van der Waals surface area contributed by atoms with Crippen LogP contribution in [0.25, 0.3) is 0 Å². The summed E-state index contributed by atoms with van der Waals surface area (Å²) in [6, 6.07) is 5.48. The van der Waals surface area contributed by atoms with Crippen LogP contribution in [0.4, 0.5) is 11.4 Å². The quantitative estimate of drug-likeness (QED) is 0.831. The monoisotopic (exact) mass is 275 g/mol. The van der Waals surface area contributed by atoms with Gasteiger partial charge in [0.2, 0.25) is 0 Å². The molecule has 1 aliphatic rings. The van der Waals surface area contributed by atoms with Crippen molar-refractivity contribution in [1.82, 2.24) is 5.32 Å². The van der Waals surface area contributed by atoms with Crippen molar-refractivity contribution in [2.75, 3.05) is 31.3 Å². The van der Waals surface area contributed by atoms with Crippen LogP contribution in [0.2, 0.25) is 0 Å². The SMILES string of the molecule is CN(C)c1ccc(C(=O)NCC2CCCCC2)cc1N. The molecule has 2 rings (SSSR count). The molecule has 110 valence electrons. The Morgan fingerprint density at radius 3 is 2.60 bits per heavy atom. The van der Waals surface area contributed by atoms with Crippen molar-refractivity contribution in [2.45, 2.75) is 32.1 Å². The molecule has 0 radical (unpaired) electrons. The fourth-order valence-corrected chi connectivity index (χ4v) is 2.83. The van der Waals surface area contributed by atoms with Gasteiger partial charge in [0, 0.05) is 26.2 Å². The summed E-state index contributed by atoms with van der Waals surface area (Å²) in [6.45, 7) is 0.786. The smallest absolute Gasteiger partial charge is 0.251 e. The predicted octanol–water partition coefficient (Wildman–Crippen LogP) is 2.64. The molecular weight excluding hydrogens is 250 g/mol. The lowest BCUT2D eigenvalue weighted by atomic mass is 9.89. The van der Waals surface area contributed by atoms with Crippen molar-refractivity contribution >= 4 is 17.3 Å². The Morgan fingerprint density at radius 2 is 2.00 bits per heavy atom. The third kappa shape index (κ3) is 3.65. The highest BCUT2D eigenvalue weighted by Gasteiger charge is 2.15. The van der Waals surface area contributed by atoms with Crippen LogP contribution >= 0.6 is 0 Å². The van der Waals surface area contributed by atoms with E-state index in [0.29, 0.717) is 17.2 Å². The van der Waals surface area contributed by atoms with Gasteiger partial charge in [-0.3, -0.25) is 4.79 Å². The first-order valence-electron chi connectivity index (χ1n) is 7.43. The minimum atomic E-state index is -0.0208. The predicted molar refractivity (Wildman–Crippen MR) is 84.1 cm³/mol. The molecule has 0 unspecified atom stereocenters. The molecule has 0 bridgehead atoms. The summed E-state index contributed by atoms with van der Waals surface area (Å²) in [5, 5.41) is 3.04. The highest BCUT2D eigenvalue weighted by Crippen LogP contribution is 2.24. The molecule has 20 heavy (non-hydrogen) atoms. The van der Waals surface area contributed by atoms with Crippen molar-refractivity contribution in [3.63, 3.8) is 0 Å². The van der Waals surface area contributed by atoms with E-state index in [-0.39, 0.29) is 5.91 Å². The van der Waals surface area contributed by atoms with Crippen LogP contribution in [0.15, 0.2) is 18.2 Å². The lowest BCUT2D eigenvalue weighted by Crippen LogP contribution is -2.30. The van der Waals surface area contributed by atoms with Gasteiger partial charge in [0.05, 0.1) is 11.4 Å². The van der Waals surface area contributed by atoms with Crippen LogP contribution in [0.1, 0.15) is 42.5 Å². The number of rotatable bonds is 4. The van der Waals surface area contributed by atoms with Crippen LogP contribution in [0, 0.1) is 5.92 Å². The standard InChI is InChI=1S/C16H25N3O/c1-19(2)15-9-8-13(10-14(15)17)16(20)18-11-12-6-4-3-5-7-12/h8-10,12H,3-7,11,17H2,1-2H3,(H,18,20). The Kier molecular flexibility index (Phi) is 4.88. The number of anilines is 2. The van der Waals surface area contributed by atoms with E-state index in [1.807, 2.05) is 31.1 Å². The third-order valence-corrected chi connectivity index (χ3v) is 4.05. The molecule has 4 nitrogen and oxygen atoms in total. The van der Waals surface area contributed by atoms with Crippen LogP contribution in [-0.4, -0.2) is 26.5 Å². The van der Waals surface area contributed by atoms with Gasteiger partial charge in [-0.1, -0.05) is 19.3 Å². The molecule has 0 saturated heterocycles. The summed E-state index contributed by atoms with van der Waals surface area (Å²) in [5.41, 5.74) is 8.20. The van der Waals surface area contributed by atoms with E-state index in [0.717, 1.165) is 12.2 Å². The van der Waals surface area contributed by atoms with Gasteiger partial charge in [-0.15, -0.1) is 0 Å². The number of amides is 1. The molecule has 0 heterocycles. The zero-order valence-corrected chi connectivity index (χ0v) is 12.5. The number of hydrogen-bond acceptors (Lipinski definition) is 3. The van der Waals surface area contributed by atoms with Gasteiger partial charge in [0.15, 0.2) is 0 Å². The number of benzene rings is 1. The molecule has 1 saturated carbocycles. The number of carbonyl (C=O) groups is 1. The Hall–Kier alpha value is -1.71. The summed E-state index contributed by atoms with van der Waals surface area (Å²) >= 11 is 0. The van der Waals surface area contributed by atoms with Crippen molar-refractivity contribution in [2.24, 2.45) is 5.92 Å². The molecule has 0 spiro atoms. The van der Waals surface area contributed by atoms with Gasteiger partial charge in [-0.2, -0.15) is 0 Å². The number of nitrogen functional groups attached to an aromatic ring is 1. The first kappa shape index (κ1) is 14.7. The van der Waals surface area contributed by atoms with Crippen molar-refractivity contribution in [3.05, 3.63) is 23.8 Å². The zero-order valence-electron chi connectivity index (χ0n) is 12.5. The second-order valence-electron chi connectivity index (χ2n) is 5.88. The fourth-order valence-electron chi connectivity index (χ4n) is 2.83. The van der Waals surface area contributed by atoms with Gasteiger partial charge in [0.25, 0.3) is 5.91 Å². The van der Waals surface area contributed by atoms with Gasteiger partial charge >= 0.3 is 0 Å². The summed E-state index contributed by atoms with van der Waals surface area (Å²) in [4.78, 5) is 14.1. The molecule has 1 aromatic carbocycles. The van der Waals surface area contributed by atoms with Crippen LogP contribution < -0.4 is 16.0 Å². The highest BCUT2D eigenvalue weighted by molar-refractivity contribution is 5.96. The lowest BCUT2D eigenvalue weighted by Gasteiger charge is -2.22. The number of nitrogens with zero attached hydrogens (tertiary/aromatic N) is 1. The van der Waals surface area contributed by atoms with Crippen molar-refractivity contribution < 1.29 is 4.79 Å². The number of nitrogens with two attached hydrogens (primary N) is 1. The van der Waals surface area contributed by atoms with Crippen molar-refractivity contribution in [3.8, 4) is 0 Å². The van der Waals surface area contributed by atoms with E-state index >= 15 is 0 Å². The Morgan fingerprint density at radius 1 is 1.30 bits per heavy atom. The largest absolute Gasteiger partial charge is 0.397 e. The Balaban J connectivity index is 1.93. The lowest BCUT2D eigenvalue weighted by molar-refractivity contribution is 0.0943. The van der Waals surface area contributed by atoms with Gasteiger partial charge in [-0.05, 0) is 37.0 Å². The van der Waals surface area contributed by atoms with E-state index < -0.39 is 0 Å². The molecular formula is C16H25N3O. The molecule has 4 heteroatoms. The van der Waals surface area contributed by atoms with E-state index in [4.69, 9.17) is 5.73 Å². The average Bonchev–Trinajstić information content (AvgIpc) is 2.45. The fraction of sp³-hybridized carbons (Fsp3) is 0.562. The maximum Gasteiger partial charge on any atom is 0.251 e. The van der Waals surface area contributed by atoms with Crippen molar-refractivity contribution in [1.29, 1.82) is 0 Å². The maximum absolute atomic E-state index is 12.1.